The summed E-state index contributed by atoms with van der Waals surface area (Å²) in [5, 5.41) is 10.8. The third kappa shape index (κ3) is 3.21. The molecule has 0 aliphatic rings. The van der Waals surface area contributed by atoms with Gasteiger partial charge in [-0.2, -0.15) is 0 Å². The fourth-order valence-electron chi connectivity index (χ4n) is 0.262. The van der Waals surface area contributed by atoms with Crippen LogP contribution in [0.5, 0.6) is 0 Å². The second kappa shape index (κ2) is 3.07. The molecule has 3 heteroatoms. The average molecular weight is 115 g/mol. The SMILES string of the molecule is CNC(=O)/C=C(/C)O. The zero-order valence-corrected chi connectivity index (χ0v) is 4.93. The molecular formula is C5H9NO2. The molecule has 0 fully saturated rings. The highest BCUT2D eigenvalue weighted by Crippen LogP contribution is 1.80. The van der Waals surface area contributed by atoms with E-state index in [4.69, 9.17) is 5.11 Å². The van der Waals surface area contributed by atoms with Crippen LogP contribution in [0.15, 0.2) is 11.8 Å². The van der Waals surface area contributed by atoms with E-state index in [0.717, 1.165) is 6.08 Å². The Bertz CT molecular complexity index is 114. The smallest absolute Gasteiger partial charge is 0.247 e. The largest absolute Gasteiger partial charge is 0.512 e. The quantitative estimate of drug-likeness (QED) is 0.378. The van der Waals surface area contributed by atoms with Gasteiger partial charge in [-0.25, -0.2) is 0 Å². The van der Waals surface area contributed by atoms with Gasteiger partial charge in [0.05, 0.1) is 5.76 Å². The van der Waals surface area contributed by atoms with Crippen molar-refractivity contribution in [2.75, 3.05) is 7.05 Å². The molecule has 0 aliphatic heterocycles. The molecular weight excluding hydrogens is 106 g/mol. The van der Waals surface area contributed by atoms with Crippen molar-refractivity contribution < 1.29 is 9.90 Å². The molecule has 0 radical (unpaired) electrons. The highest BCUT2D eigenvalue weighted by molar-refractivity contribution is 5.87. The van der Waals surface area contributed by atoms with Crippen molar-refractivity contribution >= 4 is 5.91 Å². The van der Waals surface area contributed by atoms with Crippen molar-refractivity contribution in [1.29, 1.82) is 0 Å². The highest BCUT2D eigenvalue weighted by atomic mass is 16.3. The lowest BCUT2D eigenvalue weighted by Gasteiger charge is -1.88. The van der Waals surface area contributed by atoms with Crippen LogP contribution in [-0.4, -0.2) is 18.1 Å². The third-order valence-electron chi connectivity index (χ3n) is 0.586. The van der Waals surface area contributed by atoms with E-state index in [2.05, 4.69) is 5.32 Å². The summed E-state index contributed by atoms with van der Waals surface area (Å²) in [7, 11) is 1.50. The maximum atomic E-state index is 10.3. The standard InChI is InChI=1S/C5H9NO2/c1-4(7)3-5(8)6-2/h3,7H,1-2H3,(H,6,8)/b4-3-. The first-order valence-corrected chi connectivity index (χ1v) is 2.26. The van der Waals surface area contributed by atoms with E-state index < -0.39 is 0 Å². The maximum absolute atomic E-state index is 10.3. The second-order valence-corrected chi connectivity index (χ2v) is 1.40. The number of hydrogen-bond acceptors (Lipinski definition) is 2. The van der Waals surface area contributed by atoms with Crippen LogP contribution < -0.4 is 5.32 Å². The van der Waals surface area contributed by atoms with Crippen LogP contribution in [0.3, 0.4) is 0 Å². The number of aliphatic hydroxyl groups is 1. The Morgan fingerprint density at radius 3 is 2.38 bits per heavy atom. The minimum atomic E-state index is -0.287. The summed E-state index contributed by atoms with van der Waals surface area (Å²) < 4.78 is 0. The Labute approximate surface area is 48.0 Å². The van der Waals surface area contributed by atoms with Gasteiger partial charge < -0.3 is 10.4 Å². The number of nitrogens with one attached hydrogen (secondary N) is 1. The van der Waals surface area contributed by atoms with Gasteiger partial charge in [0.1, 0.15) is 0 Å². The first-order chi connectivity index (χ1) is 3.66. The fourth-order valence-corrected chi connectivity index (χ4v) is 0.262. The van der Waals surface area contributed by atoms with Crippen LogP contribution >= 0.6 is 0 Å². The number of hydrogen-bond donors (Lipinski definition) is 2. The summed E-state index contributed by atoms with van der Waals surface area (Å²) in [5.41, 5.74) is 0. The van der Waals surface area contributed by atoms with Crippen molar-refractivity contribution in [2.24, 2.45) is 0 Å². The minimum absolute atomic E-state index is 0.0179. The van der Waals surface area contributed by atoms with E-state index in [9.17, 15) is 4.79 Å². The Hall–Kier alpha value is -0.990. The molecule has 8 heavy (non-hydrogen) atoms. The molecule has 0 saturated heterocycles. The van der Waals surface area contributed by atoms with Gasteiger partial charge in [-0.15, -0.1) is 0 Å². The van der Waals surface area contributed by atoms with Crippen molar-refractivity contribution in [3.63, 3.8) is 0 Å². The molecule has 0 unspecified atom stereocenters. The highest BCUT2D eigenvalue weighted by Gasteiger charge is 1.88. The van der Waals surface area contributed by atoms with E-state index in [0.29, 0.717) is 0 Å². The lowest BCUT2D eigenvalue weighted by Crippen LogP contribution is -2.14. The summed E-state index contributed by atoms with van der Waals surface area (Å²) in [4.78, 5) is 10.3. The first kappa shape index (κ1) is 7.01. The molecule has 0 aromatic heterocycles. The minimum Gasteiger partial charge on any atom is -0.512 e. The van der Waals surface area contributed by atoms with E-state index in [1.807, 2.05) is 0 Å². The predicted octanol–water partition coefficient (Wildman–Crippen LogP) is 0.194. The molecule has 0 atom stereocenters. The molecule has 0 aromatic rings. The van der Waals surface area contributed by atoms with E-state index >= 15 is 0 Å². The molecule has 0 heterocycles. The van der Waals surface area contributed by atoms with Crippen molar-refractivity contribution in [2.45, 2.75) is 6.92 Å². The van der Waals surface area contributed by atoms with Gasteiger partial charge >= 0.3 is 0 Å². The second-order valence-electron chi connectivity index (χ2n) is 1.40. The summed E-state index contributed by atoms with van der Waals surface area (Å²) >= 11 is 0. The van der Waals surface area contributed by atoms with E-state index in [-0.39, 0.29) is 11.7 Å². The molecule has 0 bridgehead atoms. The van der Waals surface area contributed by atoms with Gasteiger partial charge in [0.25, 0.3) is 0 Å². The molecule has 3 nitrogen and oxygen atoms in total. The molecule has 0 aromatic carbocycles. The number of aliphatic hydroxyl groups excluding tert-OH is 1. The molecule has 0 aliphatic carbocycles. The Kier molecular flexibility index (Phi) is 2.69. The number of rotatable bonds is 1. The lowest BCUT2D eigenvalue weighted by atomic mass is 10.5. The van der Waals surface area contributed by atoms with Gasteiger partial charge in [-0.05, 0) is 6.92 Å². The predicted molar refractivity (Wildman–Crippen MR) is 30.5 cm³/mol. The van der Waals surface area contributed by atoms with E-state index in [1.165, 1.54) is 14.0 Å². The van der Waals surface area contributed by atoms with Crippen molar-refractivity contribution in [3.8, 4) is 0 Å². The zero-order chi connectivity index (χ0) is 6.57. The Balaban J connectivity index is 3.70. The number of carbonyl (C=O) groups is 1. The van der Waals surface area contributed by atoms with E-state index in [1.54, 1.807) is 0 Å². The molecule has 46 valence electrons. The number of allylic oxidation sites excluding steroid dienone is 1. The normalized spacial score (nSPS) is 11.0. The number of amides is 1. The molecule has 2 N–H and O–H groups in total. The van der Waals surface area contributed by atoms with Crippen LogP contribution in [0, 0.1) is 0 Å². The van der Waals surface area contributed by atoms with Gasteiger partial charge in [0.2, 0.25) is 5.91 Å². The van der Waals surface area contributed by atoms with Gasteiger partial charge in [-0.1, -0.05) is 0 Å². The molecule has 1 amide bonds. The fraction of sp³-hybridized carbons (Fsp3) is 0.400. The Morgan fingerprint density at radius 1 is 1.75 bits per heavy atom. The maximum Gasteiger partial charge on any atom is 0.247 e. The molecule has 0 rings (SSSR count). The number of carbonyl (C=O) groups excluding carboxylic acids is 1. The summed E-state index contributed by atoms with van der Waals surface area (Å²) in [6.45, 7) is 1.44. The van der Waals surface area contributed by atoms with Crippen LogP contribution in [0.2, 0.25) is 0 Å². The van der Waals surface area contributed by atoms with Crippen molar-refractivity contribution in [1.82, 2.24) is 5.32 Å². The summed E-state index contributed by atoms with van der Waals surface area (Å²) in [5.74, 6) is -0.269. The van der Waals surface area contributed by atoms with Gasteiger partial charge in [-0.3, -0.25) is 4.79 Å². The van der Waals surface area contributed by atoms with Crippen LogP contribution in [-0.2, 0) is 4.79 Å². The zero-order valence-electron chi connectivity index (χ0n) is 4.93. The molecule has 0 saturated carbocycles. The Morgan fingerprint density at radius 2 is 2.25 bits per heavy atom. The van der Waals surface area contributed by atoms with Crippen LogP contribution in [0.4, 0.5) is 0 Å². The van der Waals surface area contributed by atoms with Crippen molar-refractivity contribution in [3.05, 3.63) is 11.8 Å². The summed E-state index contributed by atoms with van der Waals surface area (Å²) in [6, 6.07) is 0. The monoisotopic (exact) mass is 115 g/mol. The topological polar surface area (TPSA) is 49.3 Å². The summed E-state index contributed by atoms with van der Waals surface area (Å²) in [6.07, 6.45) is 1.11. The van der Waals surface area contributed by atoms with Gasteiger partial charge in [0.15, 0.2) is 0 Å². The molecule has 0 spiro atoms. The average Bonchev–Trinajstić information content (AvgIpc) is 1.65. The third-order valence-corrected chi connectivity index (χ3v) is 0.586. The van der Waals surface area contributed by atoms with Gasteiger partial charge in [0, 0.05) is 13.1 Å². The first-order valence-electron chi connectivity index (χ1n) is 2.26. The van der Waals surface area contributed by atoms with Crippen LogP contribution in [0.1, 0.15) is 6.92 Å². The van der Waals surface area contributed by atoms with Crippen LogP contribution in [0.25, 0.3) is 0 Å². The lowest BCUT2D eigenvalue weighted by molar-refractivity contribution is -0.116. The number of likely N-dealkylation sites (N-methyl/N-ethyl adjacent to an activating group) is 1.